The summed E-state index contributed by atoms with van der Waals surface area (Å²) in [5.41, 5.74) is -0.0439. The number of rotatable bonds is 5. The zero-order valence-corrected chi connectivity index (χ0v) is 16.9. The molecule has 0 saturated carbocycles. The van der Waals surface area contributed by atoms with Gasteiger partial charge in [0.15, 0.2) is 0 Å². The molecule has 1 fully saturated rings. The van der Waals surface area contributed by atoms with Crippen molar-refractivity contribution in [2.24, 2.45) is 0 Å². The number of nitrogens with one attached hydrogen (secondary N) is 2. The van der Waals surface area contributed by atoms with Crippen molar-refractivity contribution in [3.63, 3.8) is 0 Å². The number of urea groups is 1. The van der Waals surface area contributed by atoms with Gasteiger partial charge in [0.05, 0.1) is 29.3 Å². The van der Waals surface area contributed by atoms with Crippen LogP contribution in [0.25, 0.3) is 0 Å². The predicted molar refractivity (Wildman–Crippen MR) is 103 cm³/mol. The number of halogens is 4. The van der Waals surface area contributed by atoms with Crippen LogP contribution in [0.5, 0.6) is 0 Å². The van der Waals surface area contributed by atoms with E-state index in [0.29, 0.717) is 49.8 Å². The van der Waals surface area contributed by atoms with Gasteiger partial charge < -0.3 is 20.3 Å². The van der Waals surface area contributed by atoms with Gasteiger partial charge in [-0.3, -0.25) is 4.90 Å². The first-order chi connectivity index (χ1) is 14.2. The van der Waals surface area contributed by atoms with Gasteiger partial charge in [0.25, 0.3) is 0 Å². The van der Waals surface area contributed by atoms with Crippen molar-refractivity contribution in [1.29, 1.82) is 0 Å². The monoisotopic (exact) mass is 447 g/mol. The number of anilines is 1. The predicted octanol–water partition coefficient (Wildman–Crippen LogP) is 2.01. The molecule has 0 bridgehead atoms. The number of ether oxygens (including phenoxy) is 1. The van der Waals surface area contributed by atoms with Crippen LogP contribution < -0.4 is 15.5 Å². The van der Waals surface area contributed by atoms with E-state index in [4.69, 9.17) is 16.3 Å². The van der Waals surface area contributed by atoms with Gasteiger partial charge in [-0.15, -0.1) is 0 Å². The zero-order valence-electron chi connectivity index (χ0n) is 16.2. The number of pyridine rings is 1. The Labute approximate surface area is 176 Å². The lowest BCUT2D eigenvalue weighted by molar-refractivity contribution is -0.139. The number of hydrogen-bond donors (Lipinski definition) is 2. The van der Waals surface area contributed by atoms with Gasteiger partial charge in [-0.2, -0.15) is 13.2 Å². The van der Waals surface area contributed by atoms with E-state index in [0.717, 1.165) is 12.3 Å². The maximum atomic E-state index is 12.8. The van der Waals surface area contributed by atoms with Gasteiger partial charge in [0, 0.05) is 44.6 Å². The quantitative estimate of drug-likeness (QED) is 0.671. The number of amides is 2. The van der Waals surface area contributed by atoms with Crippen molar-refractivity contribution in [3.05, 3.63) is 34.1 Å². The molecule has 0 spiro atoms. The normalized spacial score (nSPS) is 18.2. The molecule has 0 unspecified atom stereocenters. The van der Waals surface area contributed by atoms with Crippen LogP contribution in [0.3, 0.4) is 0 Å². The molecule has 2 N–H and O–H groups in total. The number of carbonyl (C=O) groups excluding carboxylic acids is 2. The summed E-state index contributed by atoms with van der Waals surface area (Å²) >= 11 is 6.03. The molecule has 2 amide bonds. The highest BCUT2D eigenvalue weighted by molar-refractivity contribution is 6.33. The summed E-state index contributed by atoms with van der Waals surface area (Å²) in [5, 5.41) is 5.15. The molecule has 2 aliphatic rings. The number of piperazine rings is 1. The highest BCUT2D eigenvalue weighted by Crippen LogP contribution is 2.33. The Morgan fingerprint density at radius 2 is 2.00 bits per heavy atom. The highest BCUT2D eigenvalue weighted by Gasteiger charge is 2.32. The van der Waals surface area contributed by atoms with Crippen LogP contribution in [0.4, 0.5) is 23.8 Å². The van der Waals surface area contributed by atoms with Gasteiger partial charge in [-0.05, 0) is 13.0 Å². The molecule has 0 radical (unpaired) electrons. The minimum absolute atomic E-state index is 0.0591. The first kappa shape index (κ1) is 22.2. The first-order valence-corrected chi connectivity index (χ1v) is 9.71. The Bertz CT molecular complexity index is 854. The summed E-state index contributed by atoms with van der Waals surface area (Å²) in [6.45, 7) is 4.40. The number of carbonyl (C=O) groups is 2. The number of esters is 1. The van der Waals surface area contributed by atoms with E-state index in [1.807, 2.05) is 4.90 Å². The molecule has 30 heavy (non-hydrogen) atoms. The molecule has 8 nitrogen and oxygen atoms in total. The molecule has 164 valence electrons. The molecular weight excluding hydrogens is 427 g/mol. The second-order valence-electron chi connectivity index (χ2n) is 6.78. The fraction of sp³-hybridized carbons (Fsp3) is 0.500. The third-order valence-corrected chi connectivity index (χ3v) is 5.06. The third kappa shape index (κ3) is 5.14. The van der Waals surface area contributed by atoms with Crippen LogP contribution >= 0.6 is 11.6 Å². The van der Waals surface area contributed by atoms with Crippen molar-refractivity contribution in [2.75, 3.05) is 50.8 Å². The molecule has 1 aromatic rings. The van der Waals surface area contributed by atoms with Crippen LogP contribution in [-0.4, -0.2) is 67.8 Å². The largest absolute Gasteiger partial charge is 0.463 e. The highest BCUT2D eigenvalue weighted by atomic mass is 35.5. The number of hydrogen-bond acceptors (Lipinski definition) is 6. The Hall–Kier alpha value is -2.53. The first-order valence-electron chi connectivity index (χ1n) is 9.33. The van der Waals surface area contributed by atoms with E-state index < -0.39 is 23.7 Å². The fourth-order valence-corrected chi connectivity index (χ4v) is 3.53. The molecule has 0 aliphatic carbocycles. The Morgan fingerprint density at radius 1 is 1.30 bits per heavy atom. The van der Waals surface area contributed by atoms with Crippen molar-refractivity contribution in [2.45, 2.75) is 13.1 Å². The smallest absolute Gasteiger partial charge is 0.417 e. The lowest BCUT2D eigenvalue weighted by Crippen LogP contribution is -2.51. The van der Waals surface area contributed by atoms with Crippen molar-refractivity contribution in [3.8, 4) is 0 Å². The van der Waals surface area contributed by atoms with Crippen LogP contribution in [0.15, 0.2) is 23.5 Å². The molecule has 1 aromatic heterocycles. The van der Waals surface area contributed by atoms with Gasteiger partial charge >= 0.3 is 18.2 Å². The molecule has 3 heterocycles. The summed E-state index contributed by atoms with van der Waals surface area (Å²) in [7, 11) is 0. The van der Waals surface area contributed by atoms with E-state index in [-0.39, 0.29) is 18.2 Å². The van der Waals surface area contributed by atoms with Gasteiger partial charge in [-0.1, -0.05) is 11.6 Å². The lowest BCUT2D eigenvalue weighted by atomic mass is 10.1. The summed E-state index contributed by atoms with van der Waals surface area (Å²) in [4.78, 5) is 31.5. The summed E-state index contributed by atoms with van der Waals surface area (Å²) in [6, 6.07) is 0.481. The fourth-order valence-electron chi connectivity index (χ4n) is 3.24. The topological polar surface area (TPSA) is 86.8 Å². The third-order valence-electron chi connectivity index (χ3n) is 4.78. The number of alkyl halides is 3. The summed E-state index contributed by atoms with van der Waals surface area (Å²) in [6.07, 6.45) is -3.73. The summed E-state index contributed by atoms with van der Waals surface area (Å²) in [5.74, 6) is -0.190. The Kier molecular flexibility index (Phi) is 6.71. The van der Waals surface area contributed by atoms with Gasteiger partial charge in [-0.25, -0.2) is 14.6 Å². The second-order valence-corrected chi connectivity index (χ2v) is 7.18. The standard InChI is InChI=1S/C18H21ClF3N5O3/c1-2-30-16(28)12-9-24-17(29)25-14(12)10-26-3-5-27(6-4-26)15-13(19)7-11(8-23-15)18(20,21)22/h7-8H,2-6,9-10H2,1H3,(H2,24,25,29). The minimum atomic E-state index is -4.50. The molecule has 1 saturated heterocycles. The van der Waals surface area contributed by atoms with Crippen molar-refractivity contribution in [1.82, 2.24) is 20.5 Å². The van der Waals surface area contributed by atoms with Gasteiger partial charge in [0.1, 0.15) is 5.82 Å². The average molecular weight is 448 g/mol. The van der Waals surface area contributed by atoms with E-state index in [9.17, 15) is 22.8 Å². The van der Waals surface area contributed by atoms with Crippen LogP contribution in [0.1, 0.15) is 12.5 Å². The zero-order chi connectivity index (χ0) is 21.9. The SMILES string of the molecule is CCOC(=O)C1=C(CN2CCN(c3ncc(C(F)(F)F)cc3Cl)CC2)NC(=O)NC1. The van der Waals surface area contributed by atoms with E-state index in [1.165, 1.54) is 0 Å². The molecule has 2 aliphatic heterocycles. The molecule has 12 heteroatoms. The molecule has 0 aromatic carbocycles. The maximum absolute atomic E-state index is 12.8. The van der Waals surface area contributed by atoms with E-state index in [2.05, 4.69) is 15.6 Å². The Balaban J connectivity index is 1.65. The Morgan fingerprint density at radius 3 is 2.60 bits per heavy atom. The lowest BCUT2D eigenvalue weighted by Gasteiger charge is -2.36. The molecule has 3 rings (SSSR count). The van der Waals surface area contributed by atoms with E-state index in [1.54, 1.807) is 11.8 Å². The maximum Gasteiger partial charge on any atom is 0.417 e. The number of aromatic nitrogens is 1. The summed E-state index contributed by atoms with van der Waals surface area (Å²) < 4.78 is 43.4. The number of nitrogens with zero attached hydrogens (tertiary/aromatic N) is 3. The van der Waals surface area contributed by atoms with E-state index >= 15 is 0 Å². The van der Waals surface area contributed by atoms with Crippen molar-refractivity contribution >= 4 is 29.4 Å². The van der Waals surface area contributed by atoms with Crippen LogP contribution in [0, 0.1) is 0 Å². The molecule has 0 atom stereocenters. The van der Waals surface area contributed by atoms with Crippen molar-refractivity contribution < 1.29 is 27.5 Å². The average Bonchev–Trinajstić information content (AvgIpc) is 2.68. The molecular formula is C18H21ClF3N5O3. The van der Waals surface area contributed by atoms with Gasteiger partial charge in [0.2, 0.25) is 0 Å². The van der Waals surface area contributed by atoms with Crippen LogP contribution in [0.2, 0.25) is 5.02 Å². The second kappa shape index (κ2) is 9.09. The minimum Gasteiger partial charge on any atom is -0.463 e. The van der Waals surface area contributed by atoms with Crippen LogP contribution in [-0.2, 0) is 15.7 Å².